The van der Waals surface area contributed by atoms with Crippen LogP contribution in [0.15, 0.2) is 4.42 Å². The van der Waals surface area contributed by atoms with Crippen LogP contribution in [0.25, 0.3) is 0 Å². The molecule has 2 rings (SSSR count). The van der Waals surface area contributed by atoms with Crippen molar-refractivity contribution in [3.05, 3.63) is 17.3 Å². The molecule has 1 aromatic heterocycles. The Bertz CT molecular complexity index is 302. The molecule has 0 unspecified atom stereocenters. The van der Waals surface area contributed by atoms with E-state index in [4.69, 9.17) is 14.3 Å². The monoisotopic (exact) mass is 197 g/mol. The summed E-state index contributed by atoms with van der Waals surface area (Å²) >= 11 is 0. The zero-order valence-corrected chi connectivity index (χ0v) is 8.32. The third-order valence-electron chi connectivity index (χ3n) is 2.62. The highest BCUT2D eigenvalue weighted by atomic mass is 16.5. The summed E-state index contributed by atoms with van der Waals surface area (Å²) in [5.74, 6) is 1.69. The molecule has 0 radical (unpaired) electrons. The van der Waals surface area contributed by atoms with Gasteiger partial charge in [0.2, 0.25) is 5.89 Å². The lowest BCUT2D eigenvalue weighted by molar-refractivity contribution is 0.0843. The van der Waals surface area contributed by atoms with E-state index >= 15 is 0 Å². The van der Waals surface area contributed by atoms with Gasteiger partial charge < -0.3 is 14.3 Å². The Morgan fingerprint density at radius 3 is 2.71 bits per heavy atom. The minimum atomic E-state index is -0.121. The molecule has 1 aliphatic heterocycles. The summed E-state index contributed by atoms with van der Waals surface area (Å²) < 4.78 is 10.6. The van der Waals surface area contributed by atoms with Gasteiger partial charge in [-0.2, -0.15) is 0 Å². The third-order valence-corrected chi connectivity index (χ3v) is 2.62. The molecular formula is C10H15NO3. The molecule has 1 aliphatic rings. The molecule has 1 fully saturated rings. The zero-order chi connectivity index (χ0) is 9.97. The third kappa shape index (κ3) is 1.81. The molecule has 0 aromatic carbocycles. The fraction of sp³-hybridized carbons (Fsp3) is 0.700. The molecule has 0 bridgehead atoms. The second-order valence-corrected chi connectivity index (χ2v) is 3.59. The van der Waals surface area contributed by atoms with Gasteiger partial charge in [0.15, 0.2) is 0 Å². The standard InChI is InChI=1S/C10H15NO3/c1-7-10(11-9(6-12)14-7)8-2-4-13-5-3-8/h8,12H,2-6H2,1H3. The summed E-state index contributed by atoms with van der Waals surface area (Å²) in [5, 5.41) is 8.89. The molecule has 0 amide bonds. The van der Waals surface area contributed by atoms with E-state index in [1.54, 1.807) is 0 Å². The summed E-state index contributed by atoms with van der Waals surface area (Å²) in [7, 11) is 0. The summed E-state index contributed by atoms with van der Waals surface area (Å²) in [4.78, 5) is 4.28. The van der Waals surface area contributed by atoms with E-state index in [1.165, 1.54) is 0 Å². The summed E-state index contributed by atoms with van der Waals surface area (Å²) in [6.07, 6.45) is 2.00. The minimum absolute atomic E-state index is 0.121. The number of hydrogen-bond acceptors (Lipinski definition) is 4. The first-order chi connectivity index (χ1) is 6.81. The number of aliphatic hydroxyl groups is 1. The molecule has 1 aromatic rings. The molecule has 0 spiro atoms. The van der Waals surface area contributed by atoms with E-state index < -0.39 is 0 Å². The first-order valence-electron chi connectivity index (χ1n) is 4.96. The van der Waals surface area contributed by atoms with Crippen molar-refractivity contribution < 1.29 is 14.3 Å². The van der Waals surface area contributed by atoms with E-state index in [9.17, 15) is 0 Å². The fourth-order valence-corrected chi connectivity index (χ4v) is 1.88. The van der Waals surface area contributed by atoms with Crippen LogP contribution in [-0.2, 0) is 11.3 Å². The number of aromatic nitrogens is 1. The molecule has 1 N–H and O–H groups in total. The Balaban J connectivity index is 2.17. The quantitative estimate of drug-likeness (QED) is 0.778. The maximum atomic E-state index is 8.89. The Labute approximate surface area is 82.9 Å². The number of oxazole rings is 1. The zero-order valence-electron chi connectivity index (χ0n) is 8.32. The van der Waals surface area contributed by atoms with Crippen LogP contribution in [0.5, 0.6) is 0 Å². The Morgan fingerprint density at radius 1 is 1.43 bits per heavy atom. The van der Waals surface area contributed by atoms with E-state index in [0.717, 1.165) is 37.5 Å². The highest BCUT2D eigenvalue weighted by Gasteiger charge is 2.22. The lowest BCUT2D eigenvalue weighted by Gasteiger charge is -2.20. The molecule has 78 valence electrons. The van der Waals surface area contributed by atoms with Gasteiger partial charge in [-0.05, 0) is 19.8 Å². The van der Waals surface area contributed by atoms with Crippen LogP contribution in [0.3, 0.4) is 0 Å². The highest BCUT2D eigenvalue weighted by Crippen LogP contribution is 2.28. The van der Waals surface area contributed by atoms with Crippen molar-refractivity contribution in [2.24, 2.45) is 0 Å². The highest BCUT2D eigenvalue weighted by molar-refractivity contribution is 5.14. The molecular weight excluding hydrogens is 182 g/mol. The van der Waals surface area contributed by atoms with Crippen LogP contribution < -0.4 is 0 Å². The molecule has 0 atom stereocenters. The molecule has 2 heterocycles. The second kappa shape index (κ2) is 4.11. The normalized spacial score (nSPS) is 18.7. The minimum Gasteiger partial charge on any atom is -0.443 e. The maximum absolute atomic E-state index is 8.89. The van der Waals surface area contributed by atoms with Gasteiger partial charge in [-0.1, -0.05) is 0 Å². The first-order valence-corrected chi connectivity index (χ1v) is 4.96. The average molecular weight is 197 g/mol. The van der Waals surface area contributed by atoms with Crippen molar-refractivity contribution in [2.75, 3.05) is 13.2 Å². The van der Waals surface area contributed by atoms with Gasteiger partial charge >= 0.3 is 0 Å². The van der Waals surface area contributed by atoms with E-state index in [1.807, 2.05) is 6.92 Å². The van der Waals surface area contributed by atoms with Crippen molar-refractivity contribution in [1.82, 2.24) is 4.98 Å². The van der Waals surface area contributed by atoms with Crippen molar-refractivity contribution in [3.63, 3.8) is 0 Å². The molecule has 1 saturated heterocycles. The van der Waals surface area contributed by atoms with Crippen molar-refractivity contribution in [2.45, 2.75) is 32.3 Å². The molecule has 0 aliphatic carbocycles. The summed E-state index contributed by atoms with van der Waals surface area (Å²) in [5.41, 5.74) is 0.998. The van der Waals surface area contributed by atoms with Gasteiger partial charge in [0.1, 0.15) is 12.4 Å². The summed E-state index contributed by atoms with van der Waals surface area (Å²) in [6.45, 7) is 3.37. The largest absolute Gasteiger partial charge is 0.443 e. The fourth-order valence-electron chi connectivity index (χ4n) is 1.88. The number of aryl methyl sites for hydroxylation is 1. The van der Waals surface area contributed by atoms with Gasteiger partial charge in [0, 0.05) is 19.1 Å². The van der Waals surface area contributed by atoms with Gasteiger partial charge in [0.25, 0.3) is 0 Å². The predicted molar refractivity (Wildman–Crippen MR) is 50.0 cm³/mol. The summed E-state index contributed by atoms with van der Waals surface area (Å²) in [6, 6.07) is 0. The Hall–Kier alpha value is -0.870. The van der Waals surface area contributed by atoms with Crippen molar-refractivity contribution in [3.8, 4) is 0 Å². The number of hydrogen-bond donors (Lipinski definition) is 1. The van der Waals surface area contributed by atoms with Gasteiger partial charge in [-0.15, -0.1) is 0 Å². The predicted octanol–water partition coefficient (Wildman–Crippen LogP) is 1.37. The van der Waals surface area contributed by atoms with E-state index in [0.29, 0.717) is 11.8 Å². The Morgan fingerprint density at radius 2 is 2.14 bits per heavy atom. The molecule has 4 heteroatoms. The van der Waals surface area contributed by atoms with Crippen LogP contribution >= 0.6 is 0 Å². The second-order valence-electron chi connectivity index (χ2n) is 3.59. The van der Waals surface area contributed by atoms with Crippen molar-refractivity contribution >= 4 is 0 Å². The van der Waals surface area contributed by atoms with Crippen LogP contribution in [0.1, 0.15) is 36.1 Å². The van der Waals surface area contributed by atoms with Crippen LogP contribution in [-0.4, -0.2) is 23.3 Å². The number of ether oxygens (including phenoxy) is 1. The van der Waals surface area contributed by atoms with Gasteiger partial charge in [0.05, 0.1) is 5.69 Å². The maximum Gasteiger partial charge on any atom is 0.220 e. The van der Waals surface area contributed by atoms with Gasteiger partial charge in [-0.25, -0.2) is 4.98 Å². The first kappa shape index (κ1) is 9.68. The van der Waals surface area contributed by atoms with Crippen LogP contribution in [0, 0.1) is 6.92 Å². The number of rotatable bonds is 2. The van der Waals surface area contributed by atoms with Crippen LogP contribution in [0.4, 0.5) is 0 Å². The van der Waals surface area contributed by atoms with Crippen LogP contribution in [0.2, 0.25) is 0 Å². The molecule has 14 heavy (non-hydrogen) atoms. The number of aliphatic hydroxyl groups excluding tert-OH is 1. The van der Waals surface area contributed by atoms with E-state index in [2.05, 4.69) is 4.98 Å². The molecule has 4 nitrogen and oxygen atoms in total. The topological polar surface area (TPSA) is 55.5 Å². The van der Waals surface area contributed by atoms with E-state index in [-0.39, 0.29) is 6.61 Å². The Kier molecular flexibility index (Phi) is 2.84. The lowest BCUT2D eigenvalue weighted by Crippen LogP contribution is -2.15. The number of nitrogens with zero attached hydrogens (tertiary/aromatic N) is 1. The SMILES string of the molecule is Cc1oc(CO)nc1C1CCOCC1. The van der Waals surface area contributed by atoms with Gasteiger partial charge in [-0.3, -0.25) is 0 Å². The smallest absolute Gasteiger partial charge is 0.220 e. The lowest BCUT2D eigenvalue weighted by atomic mass is 9.96. The molecule has 0 saturated carbocycles. The average Bonchev–Trinajstić information content (AvgIpc) is 2.61. The van der Waals surface area contributed by atoms with Crippen molar-refractivity contribution in [1.29, 1.82) is 0 Å².